The molecule has 1 amide bonds. The number of carbonyl (C=O) groups is 1. The Morgan fingerprint density at radius 3 is 2.57 bits per heavy atom. The highest BCUT2D eigenvalue weighted by molar-refractivity contribution is 8.00. The molecule has 0 saturated heterocycles. The van der Waals surface area contributed by atoms with Gasteiger partial charge in [0, 0.05) is 18.5 Å². The Bertz CT molecular complexity index is 667. The third kappa shape index (κ3) is 4.53. The van der Waals surface area contributed by atoms with Gasteiger partial charge in [-0.15, -0.1) is 11.8 Å². The number of aliphatic hydroxyl groups excluding tert-OH is 1. The molecule has 0 bridgehead atoms. The van der Waals surface area contributed by atoms with Gasteiger partial charge < -0.3 is 10.0 Å². The highest BCUT2D eigenvalue weighted by atomic mass is 32.2. The lowest BCUT2D eigenvalue weighted by Gasteiger charge is -2.23. The summed E-state index contributed by atoms with van der Waals surface area (Å²) in [6.45, 7) is 0.0110. The lowest BCUT2D eigenvalue weighted by molar-refractivity contribution is -0.129. The summed E-state index contributed by atoms with van der Waals surface area (Å²) in [5.41, 5.74) is 0.691. The normalized spacial score (nSPS) is 12.0. The van der Waals surface area contributed by atoms with E-state index >= 15 is 0 Å². The predicted molar refractivity (Wildman–Crippen MR) is 86.1 cm³/mol. The number of amides is 1. The van der Waals surface area contributed by atoms with E-state index in [9.17, 15) is 13.6 Å². The van der Waals surface area contributed by atoms with Crippen molar-refractivity contribution in [2.24, 2.45) is 0 Å². The molecule has 122 valence electrons. The smallest absolute Gasteiger partial charge is 0.240 e. The molecule has 2 rings (SSSR count). The van der Waals surface area contributed by atoms with Crippen LogP contribution in [0.25, 0.3) is 0 Å². The second-order valence-corrected chi connectivity index (χ2v) is 6.11. The van der Waals surface area contributed by atoms with Crippen LogP contribution >= 0.6 is 11.8 Å². The Morgan fingerprint density at radius 1 is 1.22 bits per heavy atom. The number of nitrogens with zero attached hydrogens (tertiary/aromatic N) is 1. The maximum atomic E-state index is 13.9. The van der Waals surface area contributed by atoms with Crippen LogP contribution in [0.4, 0.5) is 8.78 Å². The molecule has 2 aromatic rings. The van der Waals surface area contributed by atoms with E-state index < -0.39 is 16.9 Å². The molecule has 0 aromatic heterocycles. The zero-order chi connectivity index (χ0) is 16.8. The van der Waals surface area contributed by atoms with Crippen molar-refractivity contribution in [1.29, 1.82) is 0 Å². The first-order valence-corrected chi connectivity index (χ1v) is 7.93. The van der Waals surface area contributed by atoms with E-state index in [0.29, 0.717) is 5.56 Å². The van der Waals surface area contributed by atoms with Crippen LogP contribution in [0.1, 0.15) is 10.8 Å². The molecule has 6 heteroatoms. The third-order valence-corrected chi connectivity index (χ3v) is 4.55. The molecule has 1 unspecified atom stereocenters. The van der Waals surface area contributed by atoms with Gasteiger partial charge in [-0.05, 0) is 23.8 Å². The average Bonchev–Trinajstić information content (AvgIpc) is 2.56. The summed E-state index contributed by atoms with van der Waals surface area (Å²) in [6.07, 6.45) is 0. The van der Waals surface area contributed by atoms with Crippen molar-refractivity contribution >= 4 is 17.7 Å². The van der Waals surface area contributed by atoms with Crippen LogP contribution in [0, 0.1) is 11.6 Å². The first-order valence-electron chi connectivity index (χ1n) is 7.05. The number of benzene rings is 2. The monoisotopic (exact) mass is 337 g/mol. The number of thioether (sulfide) groups is 1. The van der Waals surface area contributed by atoms with E-state index in [-0.39, 0.29) is 24.0 Å². The number of hydrogen-bond acceptors (Lipinski definition) is 3. The van der Waals surface area contributed by atoms with Gasteiger partial charge in [0.1, 0.15) is 16.9 Å². The fourth-order valence-electron chi connectivity index (χ4n) is 2.04. The van der Waals surface area contributed by atoms with E-state index in [1.54, 1.807) is 31.3 Å². The Balaban J connectivity index is 2.34. The van der Waals surface area contributed by atoms with Crippen LogP contribution in [0.15, 0.2) is 53.4 Å². The van der Waals surface area contributed by atoms with Gasteiger partial charge in [-0.25, -0.2) is 8.78 Å². The van der Waals surface area contributed by atoms with Crippen LogP contribution < -0.4 is 0 Å². The maximum Gasteiger partial charge on any atom is 0.240 e. The lowest BCUT2D eigenvalue weighted by Crippen LogP contribution is -2.32. The molecular formula is C17H17F2NO2S. The number of aliphatic hydroxyl groups is 1. The number of carbonyl (C=O) groups excluding carboxylic acids is 1. The Kier molecular flexibility index (Phi) is 6.12. The fraction of sp³-hybridized carbons (Fsp3) is 0.235. The van der Waals surface area contributed by atoms with Gasteiger partial charge in [0.2, 0.25) is 5.91 Å². The van der Waals surface area contributed by atoms with E-state index in [4.69, 9.17) is 5.11 Å². The minimum Gasteiger partial charge on any atom is -0.395 e. The zero-order valence-electron chi connectivity index (χ0n) is 12.6. The zero-order valence-corrected chi connectivity index (χ0v) is 13.4. The molecular weight excluding hydrogens is 320 g/mol. The fourth-order valence-corrected chi connectivity index (χ4v) is 3.23. The SMILES string of the molecule is CN(CCO)C(=O)C(Sc1cc(F)ccc1F)c1ccccc1. The molecule has 0 saturated carbocycles. The molecule has 0 aliphatic rings. The van der Waals surface area contributed by atoms with E-state index in [2.05, 4.69) is 0 Å². The number of hydrogen-bond donors (Lipinski definition) is 1. The van der Waals surface area contributed by atoms with E-state index in [1.807, 2.05) is 6.07 Å². The summed E-state index contributed by atoms with van der Waals surface area (Å²) in [6, 6.07) is 12.1. The number of rotatable bonds is 6. The third-order valence-electron chi connectivity index (χ3n) is 3.28. The average molecular weight is 337 g/mol. The van der Waals surface area contributed by atoms with Gasteiger partial charge in [-0.3, -0.25) is 4.79 Å². The lowest BCUT2D eigenvalue weighted by atomic mass is 10.1. The molecule has 0 aliphatic heterocycles. The van der Waals surface area contributed by atoms with Crippen LogP contribution in [0.2, 0.25) is 0 Å². The summed E-state index contributed by atoms with van der Waals surface area (Å²) >= 11 is 0.957. The highest BCUT2D eigenvalue weighted by Gasteiger charge is 2.26. The largest absolute Gasteiger partial charge is 0.395 e. The summed E-state index contributed by atoms with van der Waals surface area (Å²) in [5, 5.41) is 8.28. The number of likely N-dealkylation sites (N-methyl/N-ethyl adjacent to an activating group) is 1. The number of halogens is 2. The molecule has 1 atom stereocenters. The maximum absolute atomic E-state index is 13.9. The van der Waals surface area contributed by atoms with Gasteiger partial charge in [0.15, 0.2) is 0 Å². The van der Waals surface area contributed by atoms with Gasteiger partial charge >= 0.3 is 0 Å². The molecule has 0 heterocycles. The Labute approximate surface area is 137 Å². The molecule has 0 radical (unpaired) electrons. The van der Waals surface area contributed by atoms with E-state index in [0.717, 1.165) is 30.0 Å². The van der Waals surface area contributed by atoms with Gasteiger partial charge in [-0.2, -0.15) is 0 Å². The van der Waals surface area contributed by atoms with Crippen LogP contribution in [0.5, 0.6) is 0 Å². The van der Waals surface area contributed by atoms with Crippen molar-refractivity contribution in [3.8, 4) is 0 Å². The quantitative estimate of drug-likeness (QED) is 0.823. The predicted octanol–water partition coefficient (Wildman–Crippen LogP) is 3.25. The second-order valence-electron chi connectivity index (χ2n) is 4.97. The molecule has 1 N–H and O–H groups in total. The van der Waals surface area contributed by atoms with Crippen molar-refractivity contribution < 1.29 is 18.7 Å². The Hall–Kier alpha value is -1.92. The second kappa shape index (κ2) is 8.08. The van der Waals surface area contributed by atoms with Crippen LogP contribution in [0.3, 0.4) is 0 Å². The molecule has 0 aliphatic carbocycles. The van der Waals surface area contributed by atoms with Crippen molar-refractivity contribution in [1.82, 2.24) is 4.90 Å². The summed E-state index contributed by atoms with van der Waals surface area (Å²) in [4.78, 5) is 14.1. The Morgan fingerprint density at radius 2 is 1.91 bits per heavy atom. The molecule has 0 spiro atoms. The van der Waals surface area contributed by atoms with Crippen LogP contribution in [-0.4, -0.2) is 36.1 Å². The van der Waals surface area contributed by atoms with Crippen LogP contribution in [-0.2, 0) is 4.79 Å². The van der Waals surface area contributed by atoms with Crippen molar-refractivity contribution in [3.63, 3.8) is 0 Å². The minimum absolute atomic E-state index is 0.0737. The molecule has 2 aromatic carbocycles. The topological polar surface area (TPSA) is 40.5 Å². The van der Waals surface area contributed by atoms with Crippen molar-refractivity contribution in [2.45, 2.75) is 10.1 Å². The standard InChI is InChI=1S/C17H17F2NO2S/c1-20(9-10-21)17(22)16(12-5-3-2-4-6-12)23-15-11-13(18)7-8-14(15)19/h2-8,11,16,21H,9-10H2,1H3. The molecule has 23 heavy (non-hydrogen) atoms. The van der Waals surface area contributed by atoms with Crippen molar-refractivity contribution in [2.75, 3.05) is 20.2 Å². The van der Waals surface area contributed by atoms with Gasteiger partial charge in [-0.1, -0.05) is 30.3 Å². The highest BCUT2D eigenvalue weighted by Crippen LogP contribution is 2.38. The molecule has 0 fully saturated rings. The summed E-state index contributed by atoms with van der Waals surface area (Å²) < 4.78 is 27.3. The van der Waals surface area contributed by atoms with E-state index in [1.165, 1.54) is 4.90 Å². The van der Waals surface area contributed by atoms with Gasteiger partial charge in [0.25, 0.3) is 0 Å². The summed E-state index contributed by atoms with van der Waals surface area (Å²) in [7, 11) is 1.57. The van der Waals surface area contributed by atoms with Crippen molar-refractivity contribution in [3.05, 3.63) is 65.7 Å². The summed E-state index contributed by atoms with van der Waals surface area (Å²) in [5.74, 6) is -1.41. The first-order chi connectivity index (χ1) is 11.0. The molecule has 3 nitrogen and oxygen atoms in total. The minimum atomic E-state index is -0.718. The van der Waals surface area contributed by atoms with Gasteiger partial charge in [0.05, 0.1) is 6.61 Å². The first kappa shape index (κ1) is 17.4.